The Labute approximate surface area is 65.2 Å². The van der Waals surface area contributed by atoms with Gasteiger partial charge in [0.05, 0.1) is 5.69 Å². The Kier molecular flexibility index (Phi) is 2.32. The average Bonchev–Trinajstić information content (AvgIpc) is 1.94. The molecule has 0 aliphatic rings. The first kappa shape index (κ1) is 7.60. The Balaban J connectivity index is 3.09. The zero-order chi connectivity index (χ0) is 7.56. The van der Waals surface area contributed by atoms with Crippen LogP contribution in [0.4, 0.5) is 8.78 Å². The summed E-state index contributed by atoms with van der Waals surface area (Å²) in [4.78, 5) is 3.30. The summed E-state index contributed by atoms with van der Waals surface area (Å²) in [5, 5.41) is 0.233. The quantitative estimate of drug-likeness (QED) is 0.509. The maximum Gasteiger partial charge on any atom is 0.213 e. The van der Waals surface area contributed by atoms with Crippen molar-refractivity contribution < 1.29 is 8.78 Å². The fourth-order valence-corrected chi connectivity index (χ4v) is 0.945. The van der Waals surface area contributed by atoms with E-state index in [2.05, 4.69) is 20.9 Å². The monoisotopic (exact) mass is 207 g/mol. The maximum atomic E-state index is 12.5. The average molecular weight is 208 g/mol. The molecule has 0 atom stereocenters. The highest BCUT2D eigenvalue weighted by Crippen LogP contribution is 2.08. The molecule has 54 valence electrons. The van der Waals surface area contributed by atoms with Gasteiger partial charge >= 0.3 is 0 Å². The molecule has 0 aliphatic carbocycles. The summed E-state index contributed by atoms with van der Waals surface area (Å²) in [6.45, 7) is 0. The molecule has 0 bridgehead atoms. The lowest BCUT2D eigenvalue weighted by atomic mass is 10.4. The molecule has 0 radical (unpaired) electrons. The summed E-state index contributed by atoms with van der Waals surface area (Å²) in [5.41, 5.74) is 0.0972. The van der Waals surface area contributed by atoms with Gasteiger partial charge < -0.3 is 0 Å². The van der Waals surface area contributed by atoms with E-state index in [0.29, 0.717) is 0 Å². The van der Waals surface area contributed by atoms with Crippen LogP contribution >= 0.6 is 15.9 Å². The Morgan fingerprint density at radius 2 is 2.10 bits per heavy atom. The van der Waals surface area contributed by atoms with Crippen LogP contribution in [0.5, 0.6) is 0 Å². The molecule has 1 aromatic heterocycles. The molecule has 0 fully saturated rings. The lowest BCUT2D eigenvalue weighted by Crippen LogP contribution is -1.93. The van der Waals surface area contributed by atoms with Gasteiger partial charge in [-0.15, -0.1) is 0 Å². The van der Waals surface area contributed by atoms with Crippen molar-refractivity contribution in [2.24, 2.45) is 0 Å². The third-order valence-corrected chi connectivity index (χ3v) is 1.54. The van der Waals surface area contributed by atoms with Gasteiger partial charge in [-0.2, -0.15) is 4.39 Å². The van der Waals surface area contributed by atoms with Crippen molar-refractivity contribution in [1.29, 1.82) is 0 Å². The van der Waals surface area contributed by atoms with E-state index in [1.165, 1.54) is 0 Å². The number of rotatable bonds is 1. The van der Waals surface area contributed by atoms with E-state index in [-0.39, 0.29) is 11.0 Å². The second-order valence-corrected chi connectivity index (χ2v) is 2.26. The number of alkyl halides is 1. The Bertz CT molecular complexity index is 239. The van der Waals surface area contributed by atoms with Crippen molar-refractivity contribution in [1.82, 2.24) is 4.98 Å². The van der Waals surface area contributed by atoms with Crippen LogP contribution in [0.2, 0.25) is 0 Å². The molecule has 10 heavy (non-hydrogen) atoms. The van der Waals surface area contributed by atoms with Gasteiger partial charge in [-0.05, 0) is 12.1 Å². The second-order valence-electron chi connectivity index (χ2n) is 1.70. The van der Waals surface area contributed by atoms with Crippen LogP contribution in [0, 0.1) is 11.8 Å². The molecule has 1 nitrogen and oxygen atoms in total. The molecule has 0 unspecified atom stereocenters. The number of halogens is 3. The fourth-order valence-electron chi connectivity index (χ4n) is 0.551. The van der Waals surface area contributed by atoms with Gasteiger partial charge in [-0.1, -0.05) is 15.9 Å². The molecular formula is C6H4BrF2N. The molecule has 1 aromatic rings. The predicted octanol–water partition coefficient (Wildman–Crippen LogP) is 2.25. The van der Waals surface area contributed by atoms with E-state index in [1.807, 2.05) is 0 Å². The first-order valence-electron chi connectivity index (χ1n) is 2.61. The number of hydrogen-bond acceptors (Lipinski definition) is 1. The smallest absolute Gasteiger partial charge is 0.213 e. The molecule has 0 spiro atoms. The highest BCUT2D eigenvalue weighted by atomic mass is 79.9. The molecule has 1 rings (SSSR count). The SMILES string of the molecule is Fc1ccc(F)c(CBr)n1. The Hall–Kier alpha value is -0.510. The van der Waals surface area contributed by atoms with Crippen LogP contribution in [0.25, 0.3) is 0 Å². The van der Waals surface area contributed by atoms with Gasteiger partial charge in [0.15, 0.2) is 0 Å². The number of aromatic nitrogens is 1. The standard InChI is InChI=1S/C6H4BrF2N/c7-3-5-4(8)1-2-6(9)10-5/h1-2H,3H2. The van der Waals surface area contributed by atoms with Crippen molar-refractivity contribution in [2.45, 2.75) is 5.33 Å². The molecule has 0 aromatic carbocycles. The van der Waals surface area contributed by atoms with Crippen LogP contribution in [0.1, 0.15) is 5.69 Å². The van der Waals surface area contributed by atoms with Crippen LogP contribution < -0.4 is 0 Å². The lowest BCUT2D eigenvalue weighted by molar-refractivity contribution is 0.549. The van der Waals surface area contributed by atoms with Crippen molar-refractivity contribution in [3.8, 4) is 0 Å². The Morgan fingerprint density at radius 1 is 1.40 bits per heavy atom. The van der Waals surface area contributed by atoms with Gasteiger partial charge in [-0.3, -0.25) is 0 Å². The third kappa shape index (κ3) is 1.50. The number of hydrogen-bond donors (Lipinski definition) is 0. The zero-order valence-electron chi connectivity index (χ0n) is 4.94. The molecule has 0 N–H and O–H groups in total. The van der Waals surface area contributed by atoms with Crippen LogP contribution in [-0.2, 0) is 5.33 Å². The van der Waals surface area contributed by atoms with E-state index in [0.717, 1.165) is 12.1 Å². The number of pyridine rings is 1. The topological polar surface area (TPSA) is 12.9 Å². The summed E-state index contributed by atoms with van der Waals surface area (Å²) in [6, 6.07) is 2.04. The third-order valence-electron chi connectivity index (χ3n) is 1.01. The fraction of sp³-hybridized carbons (Fsp3) is 0.167. The maximum absolute atomic E-state index is 12.5. The van der Waals surface area contributed by atoms with Gasteiger partial charge in [0.2, 0.25) is 5.95 Å². The van der Waals surface area contributed by atoms with Crippen molar-refractivity contribution in [3.63, 3.8) is 0 Å². The van der Waals surface area contributed by atoms with Gasteiger partial charge in [0.25, 0.3) is 0 Å². The normalized spacial score (nSPS) is 9.90. The van der Waals surface area contributed by atoms with E-state index in [1.54, 1.807) is 0 Å². The minimum atomic E-state index is -0.657. The molecule has 4 heteroatoms. The second kappa shape index (κ2) is 3.05. The van der Waals surface area contributed by atoms with Crippen molar-refractivity contribution in [3.05, 3.63) is 29.6 Å². The highest BCUT2D eigenvalue weighted by Gasteiger charge is 2.01. The molecule has 1 heterocycles. The van der Waals surface area contributed by atoms with E-state index < -0.39 is 11.8 Å². The molecule has 0 amide bonds. The number of nitrogens with zero attached hydrogens (tertiary/aromatic N) is 1. The van der Waals surface area contributed by atoms with Crippen molar-refractivity contribution in [2.75, 3.05) is 0 Å². The lowest BCUT2D eigenvalue weighted by Gasteiger charge is -1.94. The summed E-state index contributed by atoms with van der Waals surface area (Å²) in [7, 11) is 0. The van der Waals surface area contributed by atoms with Crippen LogP contribution in [0.3, 0.4) is 0 Å². The highest BCUT2D eigenvalue weighted by molar-refractivity contribution is 9.08. The zero-order valence-corrected chi connectivity index (χ0v) is 6.53. The summed E-state index contributed by atoms with van der Waals surface area (Å²) < 4.78 is 24.7. The van der Waals surface area contributed by atoms with Gasteiger partial charge in [-0.25, -0.2) is 9.37 Å². The molecular weight excluding hydrogens is 204 g/mol. The molecule has 0 aliphatic heterocycles. The first-order chi connectivity index (χ1) is 4.74. The molecule has 0 saturated heterocycles. The predicted molar refractivity (Wildman–Crippen MR) is 36.8 cm³/mol. The van der Waals surface area contributed by atoms with Gasteiger partial charge in [0.1, 0.15) is 5.82 Å². The largest absolute Gasteiger partial charge is 0.221 e. The van der Waals surface area contributed by atoms with Crippen LogP contribution in [0.15, 0.2) is 12.1 Å². The van der Waals surface area contributed by atoms with E-state index in [9.17, 15) is 8.78 Å². The van der Waals surface area contributed by atoms with E-state index in [4.69, 9.17) is 0 Å². The van der Waals surface area contributed by atoms with E-state index >= 15 is 0 Å². The summed E-state index contributed by atoms with van der Waals surface area (Å²) >= 11 is 2.97. The molecule has 0 saturated carbocycles. The summed E-state index contributed by atoms with van der Waals surface area (Å²) in [5.74, 6) is -1.14. The van der Waals surface area contributed by atoms with Crippen molar-refractivity contribution >= 4 is 15.9 Å². The Morgan fingerprint density at radius 3 is 2.60 bits per heavy atom. The first-order valence-corrected chi connectivity index (χ1v) is 3.73. The van der Waals surface area contributed by atoms with Crippen LogP contribution in [-0.4, -0.2) is 4.98 Å². The minimum Gasteiger partial charge on any atom is -0.221 e. The minimum absolute atomic E-state index is 0.0972. The summed E-state index contributed by atoms with van der Waals surface area (Å²) in [6.07, 6.45) is 0. The van der Waals surface area contributed by atoms with Gasteiger partial charge in [0, 0.05) is 5.33 Å².